The molecular formula is C21H23N3O6. The predicted octanol–water partition coefficient (Wildman–Crippen LogP) is 3.38. The van der Waals surface area contributed by atoms with E-state index in [9.17, 15) is 19.7 Å². The number of anilines is 2. The Bertz CT molecular complexity index is 975. The van der Waals surface area contributed by atoms with Gasteiger partial charge in [0, 0.05) is 12.1 Å². The zero-order valence-electron chi connectivity index (χ0n) is 17.0. The van der Waals surface area contributed by atoms with Gasteiger partial charge in [0.1, 0.15) is 18.0 Å². The van der Waals surface area contributed by atoms with Gasteiger partial charge in [0.25, 0.3) is 11.6 Å². The van der Waals surface area contributed by atoms with Crippen molar-refractivity contribution < 1.29 is 24.0 Å². The van der Waals surface area contributed by atoms with E-state index in [0.29, 0.717) is 23.8 Å². The third-order valence-electron chi connectivity index (χ3n) is 4.58. The van der Waals surface area contributed by atoms with Crippen LogP contribution in [0.2, 0.25) is 0 Å². The normalized spacial score (nSPS) is 15.4. The summed E-state index contributed by atoms with van der Waals surface area (Å²) in [5.74, 6) is -0.201. The first kappa shape index (κ1) is 21.1. The van der Waals surface area contributed by atoms with Crippen molar-refractivity contribution in [3.63, 3.8) is 0 Å². The molecule has 1 aliphatic heterocycles. The van der Waals surface area contributed by atoms with Crippen LogP contribution in [0.15, 0.2) is 42.5 Å². The lowest BCUT2D eigenvalue weighted by atomic mass is 10.0. The molecule has 3 rings (SSSR count). The molecule has 2 aromatic carbocycles. The number of nitrogens with one attached hydrogen (secondary N) is 1. The fourth-order valence-corrected chi connectivity index (χ4v) is 3.16. The van der Waals surface area contributed by atoms with E-state index in [1.807, 2.05) is 20.8 Å². The van der Waals surface area contributed by atoms with E-state index in [2.05, 4.69) is 5.32 Å². The topological polar surface area (TPSA) is 111 Å². The molecule has 0 bridgehead atoms. The molecular weight excluding hydrogens is 390 g/mol. The quantitative estimate of drug-likeness (QED) is 0.550. The minimum Gasteiger partial charge on any atom is -0.492 e. The second-order valence-corrected chi connectivity index (χ2v) is 7.09. The van der Waals surface area contributed by atoms with Gasteiger partial charge in [0.05, 0.1) is 22.9 Å². The van der Waals surface area contributed by atoms with Crippen LogP contribution in [0.1, 0.15) is 20.8 Å². The predicted molar refractivity (Wildman–Crippen MR) is 111 cm³/mol. The van der Waals surface area contributed by atoms with E-state index in [0.717, 1.165) is 0 Å². The molecule has 0 aromatic heterocycles. The third kappa shape index (κ3) is 4.35. The summed E-state index contributed by atoms with van der Waals surface area (Å²) >= 11 is 0. The lowest BCUT2D eigenvalue weighted by molar-refractivity contribution is -0.384. The molecule has 30 heavy (non-hydrogen) atoms. The Morgan fingerprint density at radius 1 is 1.30 bits per heavy atom. The maximum atomic E-state index is 13.0. The van der Waals surface area contributed by atoms with E-state index in [-0.39, 0.29) is 23.8 Å². The Kier molecular flexibility index (Phi) is 6.20. The standard InChI is InChI=1S/C21H23N3O6/c1-4-29-17-8-6-5-7-15(17)22-19(25)12-23-16-11-14(24(27)28)9-10-18(16)30-20(13(2)3)21(23)26/h5-11,13,20H,4,12H2,1-3H3,(H,22,25). The van der Waals surface area contributed by atoms with Crippen molar-refractivity contribution in [2.45, 2.75) is 26.9 Å². The minimum absolute atomic E-state index is 0.148. The molecule has 1 unspecified atom stereocenters. The largest absolute Gasteiger partial charge is 0.492 e. The van der Waals surface area contributed by atoms with Crippen molar-refractivity contribution in [3.8, 4) is 11.5 Å². The summed E-state index contributed by atoms with van der Waals surface area (Å²) in [6.45, 7) is 5.61. The van der Waals surface area contributed by atoms with E-state index in [4.69, 9.17) is 9.47 Å². The van der Waals surface area contributed by atoms with Crippen LogP contribution in [0.4, 0.5) is 17.1 Å². The number of carbonyl (C=O) groups excluding carboxylic acids is 2. The molecule has 1 aliphatic rings. The maximum absolute atomic E-state index is 13.0. The summed E-state index contributed by atoms with van der Waals surface area (Å²) in [6.07, 6.45) is -0.789. The molecule has 1 atom stereocenters. The van der Waals surface area contributed by atoms with Gasteiger partial charge >= 0.3 is 0 Å². The van der Waals surface area contributed by atoms with Crippen molar-refractivity contribution in [1.29, 1.82) is 0 Å². The number of nitro groups is 1. The number of benzene rings is 2. The van der Waals surface area contributed by atoms with Gasteiger partial charge in [-0.15, -0.1) is 0 Å². The molecule has 9 nitrogen and oxygen atoms in total. The fourth-order valence-electron chi connectivity index (χ4n) is 3.16. The first-order valence-electron chi connectivity index (χ1n) is 9.60. The highest BCUT2D eigenvalue weighted by Gasteiger charge is 2.38. The molecule has 2 aromatic rings. The first-order valence-corrected chi connectivity index (χ1v) is 9.60. The highest BCUT2D eigenvalue weighted by molar-refractivity contribution is 6.06. The Balaban J connectivity index is 1.90. The van der Waals surface area contributed by atoms with Gasteiger partial charge in [-0.3, -0.25) is 24.6 Å². The van der Waals surface area contributed by atoms with E-state index >= 15 is 0 Å². The number of rotatable bonds is 7. The number of hydrogen-bond donors (Lipinski definition) is 1. The highest BCUT2D eigenvalue weighted by atomic mass is 16.6. The smallest absolute Gasteiger partial charge is 0.271 e. The number of non-ortho nitro benzene ring substituents is 1. The van der Waals surface area contributed by atoms with Crippen molar-refractivity contribution in [2.24, 2.45) is 5.92 Å². The highest BCUT2D eigenvalue weighted by Crippen LogP contribution is 2.38. The Hall–Kier alpha value is -3.62. The second kappa shape index (κ2) is 8.81. The van der Waals surface area contributed by atoms with Gasteiger partial charge in [-0.25, -0.2) is 0 Å². The molecule has 158 valence electrons. The fraction of sp³-hybridized carbons (Fsp3) is 0.333. The van der Waals surface area contributed by atoms with Gasteiger partial charge in [-0.2, -0.15) is 0 Å². The number of nitro benzene ring substituents is 1. The van der Waals surface area contributed by atoms with Gasteiger partial charge in [0.2, 0.25) is 5.91 Å². The molecule has 1 heterocycles. The van der Waals surface area contributed by atoms with Gasteiger partial charge in [-0.05, 0) is 31.0 Å². The van der Waals surface area contributed by atoms with Crippen LogP contribution in [0, 0.1) is 16.0 Å². The molecule has 2 amide bonds. The van der Waals surface area contributed by atoms with Crippen LogP contribution in [-0.4, -0.2) is 36.0 Å². The maximum Gasteiger partial charge on any atom is 0.271 e. The SMILES string of the molecule is CCOc1ccccc1NC(=O)CN1C(=O)C(C(C)C)Oc2ccc([N+](=O)[O-])cc21. The lowest BCUT2D eigenvalue weighted by Gasteiger charge is -2.35. The lowest BCUT2D eigenvalue weighted by Crippen LogP contribution is -2.50. The first-order chi connectivity index (χ1) is 14.3. The molecule has 0 saturated heterocycles. The van der Waals surface area contributed by atoms with E-state index in [1.165, 1.54) is 23.1 Å². The van der Waals surface area contributed by atoms with Crippen molar-refractivity contribution >= 4 is 28.9 Å². The van der Waals surface area contributed by atoms with Gasteiger partial charge < -0.3 is 14.8 Å². The summed E-state index contributed by atoms with van der Waals surface area (Å²) in [7, 11) is 0. The molecule has 1 N–H and O–H groups in total. The molecule has 0 spiro atoms. The van der Waals surface area contributed by atoms with Crippen LogP contribution in [0.5, 0.6) is 11.5 Å². The molecule has 9 heteroatoms. The number of para-hydroxylation sites is 2. The summed E-state index contributed by atoms with van der Waals surface area (Å²) < 4.78 is 11.3. The van der Waals surface area contributed by atoms with Gasteiger partial charge in [-0.1, -0.05) is 26.0 Å². The van der Waals surface area contributed by atoms with Crippen LogP contribution in [-0.2, 0) is 9.59 Å². The van der Waals surface area contributed by atoms with E-state index in [1.54, 1.807) is 24.3 Å². The molecule has 0 fully saturated rings. The van der Waals surface area contributed by atoms with Crippen molar-refractivity contribution in [1.82, 2.24) is 0 Å². The van der Waals surface area contributed by atoms with Crippen LogP contribution < -0.4 is 19.7 Å². The average molecular weight is 413 g/mol. The zero-order valence-corrected chi connectivity index (χ0v) is 17.0. The number of carbonyl (C=O) groups is 2. The van der Waals surface area contributed by atoms with Crippen molar-refractivity contribution in [3.05, 3.63) is 52.6 Å². The zero-order chi connectivity index (χ0) is 21.8. The third-order valence-corrected chi connectivity index (χ3v) is 4.58. The average Bonchev–Trinajstić information content (AvgIpc) is 2.71. The molecule has 0 saturated carbocycles. The second-order valence-electron chi connectivity index (χ2n) is 7.09. The van der Waals surface area contributed by atoms with E-state index < -0.39 is 22.8 Å². The number of fused-ring (bicyclic) bond motifs is 1. The molecule has 0 radical (unpaired) electrons. The minimum atomic E-state index is -0.789. The van der Waals surface area contributed by atoms with Crippen LogP contribution in [0.3, 0.4) is 0 Å². The number of hydrogen-bond acceptors (Lipinski definition) is 6. The summed E-state index contributed by atoms with van der Waals surface area (Å²) in [4.78, 5) is 37.6. The summed E-state index contributed by atoms with van der Waals surface area (Å²) in [6, 6.07) is 11.0. The Morgan fingerprint density at radius 2 is 2.03 bits per heavy atom. The van der Waals surface area contributed by atoms with Gasteiger partial charge in [0.15, 0.2) is 6.10 Å². The van der Waals surface area contributed by atoms with Crippen LogP contribution in [0.25, 0.3) is 0 Å². The summed E-state index contributed by atoms with van der Waals surface area (Å²) in [5.41, 5.74) is 0.476. The number of amides is 2. The summed E-state index contributed by atoms with van der Waals surface area (Å²) in [5, 5.41) is 13.9. The number of nitrogens with zero attached hydrogens (tertiary/aromatic N) is 2. The Morgan fingerprint density at radius 3 is 2.70 bits per heavy atom. The Labute approximate surface area is 173 Å². The van der Waals surface area contributed by atoms with Crippen molar-refractivity contribution in [2.75, 3.05) is 23.4 Å². The number of ether oxygens (including phenoxy) is 2. The monoisotopic (exact) mass is 413 g/mol. The van der Waals surface area contributed by atoms with Crippen LogP contribution >= 0.6 is 0 Å². The molecule has 0 aliphatic carbocycles.